The highest BCUT2D eigenvalue weighted by Gasteiger charge is 2.14. The molecule has 1 aliphatic carbocycles. The Bertz CT molecular complexity index is 327. The second kappa shape index (κ2) is 5.90. The van der Waals surface area contributed by atoms with Crippen LogP contribution < -0.4 is 5.32 Å². The van der Waals surface area contributed by atoms with Crippen LogP contribution in [0.3, 0.4) is 0 Å². The fourth-order valence-corrected chi connectivity index (χ4v) is 2.44. The molecule has 1 aromatic heterocycles. The van der Waals surface area contributed by atoms with Gasteiger partial charge in [-0.3, -0.25) is 0 Å². The Morgan fingerprint density at radius 1 is 1.44 bits per heavy atom. The van der Waals surface area contributed by atoms with Crippen LogP contribution in [0.15, 0.2) is 34.5 Å². The summed E-state index contributed by atoms with van der Waals surface area (Å²) in [6, 6.07) is 4.55. The maximum atomic E-state index is 5.37. The van der Waals surface area contributed by atoms with Crippen LogP contribution in [0.5, 0.6) is 0 Å². The van der Waals surface area contributed by atoms with Gasteiger partial charge in [0.1, 0.15) is 5.76 Å². The van der Waals surface area contributed by atoms with Crippen LogP contribution in [-0.4, -0.2) is 13.1 Å². The van der Waals surface area contributed by atoms with Crippen molar-refractivity contribution in [2.45, 2.75) is 44.6 Å². The molecular weight excluding hydrogens is 198 g/mol. The lowest BCUT2D eigenvalue weighted by Gasteiger charge is -2.22. The van der Waals surface area contributed by atoms with Crippen LogP contribution in [0.25, 0.3) is 0 Å². The Labute approximate surface area is 97.7 Å². The number of likely N-dealkylation sites (N-methyl/N-ethyl adjacent to an activating group) is 1. The standard InChI is InChI=1S/C14H21NO/c1-15-14(12-6-3-2-4-7-12)10-9-13-8-5-11-16-13/h5-6,8,11,14-15H,2-4,7,9-10H2,1H3. The first-order valence-electron chi connectivity index (χ1n) is 6.28. The van der Waals surface area contributed by atoms with Crippen molar-refractivity contribution in [1.29, 1.82) is 0 Å². The summed E-state index contributed by atoms with van der Waals surface area (Å²) in [6.07, 6.45) is 11.6. The molecule has 16 heavy (non-hydrogen) atoms. The van der Waals surface area contributed by atoms with Crippen molar-refractivity contribution < 1.29 is 4.42 Å². The fraction of sp³-hybridized carbons (Fsp3) is 0.571. The van der Waals surface area contributed by atoms with Crippen LogP contribution in [0.1, 0.15) is 37.9 Å². The van der Waals surface area contributed by atoms with Crippen molar-refractivity contribution in [3.63, 3.8) is 0 Å². The van der Waals surface area contributed by atoms with Gasteiger partial charge in [0.15, 0.2) is 0 Å². The molecule has 0 aromatic carbocycles. The van der Waals surface area contributed by atoms with Gasteiger partial charge in [0, 0.05) is 12.5 Å². The molecule has 0 aliphatic heterocycles. The Morgan fingerprint density at radius 3 is 3.00 bits per heavy atom. The van der Waals surface area contributed by atoms with Crippen molar-refractivity contribution in [3.05, 3.63) is 35.8 Å². The van der Waals surface area contributed by atoms with Gasteiger partial charge in [-0.15, -0.1) is 0 Å². The third kappa shape index (κ3) is 2.99. The second-order valence-electron chi connectivity index (χ2n) is 4.48. The largest absolute Gasteiger partial charge is 0.469 e. The van der Waals surface area contributed by atoms with Crippen LogP contribution >= 0.6 is 0 Å². The molecule has 1 N–H and O–H groups in total. The zero-order valence-corrected chi connectivity index (χ0v) is 10.0. The van der Waals surface area contributed by atoms with Gasteiger partial charge in [-0.25, -0.2) is 0 Å². The predicted octanol–water partition coefficient (Wildman–Crippen LogP) is 3.30. The highest BCUT2D eigenvalue weighted by molar-refractivity contribution is 5.13. The van der Waals surface area contributed by atoms with Gasteiger partial charge < -0.3 is 9.73 Å². The average Bonchev–Trinajstić information content (AvgIpc) is 2.84. The normalized spacial score (nSPS) is 18.2. The van der Waals surface area contributed by atoms with E-state index >= 15 is 0 Å². The molecule has 88 valence electrons. The smallest absolute Gasteiger partial charge is 0.103 e. The van der Waals surface area contributed by atoms with E-state index in [2.05, 4.69) is 24.5 Å². The quantitative estimate of drug-likeness (QED) is 0.769. The molecule has 0 saturated heterocycles. The van der Waals surface area contributed by atoms with E-state index in [0.29, 0.717) is 6.04 Å². The topological polar surface area (TPSA) is 25.2 Å². The van der Waals surface area contributed by atoms with Gasteiger partial charge in [-0.2, -0.15) is 0 Å². The summed E-state index contributed by atoms with van der Waals surface area (Å²) in [7, 11) is 2.06. The van der Waals surface area contributed by atoms with E-state index in [9.17, 15) is 0 Å². The highest BCUT2D eigenvalue weighted by atomic mass is 16.3. The van der Waals surface area contributed by atoms with E-state index in [1.165, 1.54) is 25.7 Å². The minimum atomic E-state index is 0.533. The molecular formula is C14H21NO. The first kappa shape index (κ1) is 11.5. The zero-order valence-electron chi connectivity index (χ0n) is 10.0. The van der Waals surface area contributed by atoms with Crippen LogP contribution in [0.4, 0.5) is 0 Å². The van der Waals surface area contributed by atoms with Crippen LogP contribution in [-0.2, 0) is 6.42 Å². The second-order valence-corrected chi connectivity index (χ2v) is 4.48. The lowest BCUT2D eigenvalue weighted by atomic mass is 9.91. The van der Waals surface area contributed by atoms with Gasteiger partial charge in [-0.05, 0) is 51.3 Å². The molecule has 1 aliphatic rings. The Hall–Kier alpha value is -1.02. The summed E-state index contributed by atoms with van der Waals surface area (Å²) in [5.74, 6) is 1.09. The van der Waals surface area contributed by atoms with Gasteiger partial charge in [-0.1, -0.05) is 11.6 Å². The van der Waals surface area contributed by atoms with Crippen molar-refractivity contribution >= 4 is 0 Å². The summed E-state index contributed by atoms with van der Waals surface area (Å²) in [4.78, 5) is 0. The summed E-state index contributed by atoms with van der Waals surface area (Å²) in [6.45, 7) is 0. The van der Waals surface area contributed by atoms with Gasteiger partial charge in [0.25, 0.3) is 0 Å². The van der Waals surface area contributed by atoms with Crippen molar-refractivity contribution in [2.24, 2.45) is 0 Å². The van der Waals surface area contributed by atoms with E-state index in [0.717, 1.165) is 18.6 Å². The van der Waals surface area contributed by atoms with Crippen LogP contribution in [0, 0.1) is 0 Å². The number of aryl methyl sites for hydroxylation is 1. The molecule has 0 bridgehead atoms. The summed E-state index contributed by atoms with van der Waals surface area (Å²) >= 11 is 0. The lowest BCUT2D eigenvalue weighted by Crippen LogP contribution is -2.28. The van der Waals surface area contributed by atoms with E-state index in [4.69, 9.17) is 4.42 Å². The monoisotopic (exact) mass is 219 g/mol. The number of allylic oxidation sites excluding steroid dienone is 1. The molecule has 0 fully saturated rings. The molecule has 0 spiro atoms. The highest BCUT2D eigenvalue weighted by Crippen LogP contribution is 2.22. The summed E-state index contributed by atoms with van der Waals surface area (Å²) in [5, 5.41) is 3.42. The molecule has 0 radical (unpaired) electrons. The van der Waals surface area contributed by atoms with E-state index in [1.807, 2.05) is 6.07 Å². The van der Waals surface area contributed by atoms with Crippen molar-refractivity contribution in [2.75, 3.05) is 7.05 Å². The molecule has 1 heterocycles. The average molecular weight is 219 g/mol. The van der Waals surface area contributed by atoms with Crippen molar-refractivity contribution in [1.82, 2.24) is 5.32 Å². The SMILES string of the molecule is CNC(CCc1ccco1)C1=CCCCC1. The first-order chi connectivity index (χ1) is 7.90. The van der Waals surface area contributed by atoms with Crippen molar-refractivity contribution in [3.8, 4) is 0 Å². The molecule has 1 unspecified atom stereocenters. The van der Waals surface area contributed by atoms with Gasteiger partial charge >= 0.3 is 0 Å². The van der Waals surface area contributed by atoms with E-state index in [1.54, 1.807) is 11.8 Å². The van der Waals surface area contributed by atoms with E-state index < -0.39 is 0 Å². The molecule has 1 aromatic rings. The minimum Gasteiger partial charge on any atom is -0.469 e. The predicted molar refractivity (Wildman–Crippen MR) is 66.4 cm³/mol. The fourth-order valence-electron chi connectivity index (χ4n) is 2.44. The van der Waals surface area contributed by atoms with Gasteiger partial charge in [0.2, 0.25) is 0 Å². The summed E-state index contributed by atoms with van der Waals surface area (Å²) < 4.78 is 5.37. The minimum absolute atomic E-state index is 0.533. The molecule has 2 nitrogen and oxygen atoms in total. The Balaban J connectivity index is 1.87. The van der Waals surface area contributed by atoms with Crippen LogP contribution in [0.2, 0.25) is 0 Å². The Kier molecular flexibility index (Phi) is 4.23. The number of rotatable bonds is 5. The maximum Gasteiger partial charge on any atom is 0.103 e. The third-order valence-electron chi connectivity index (χ3n) is 3.38. The third-order valence-corrected chi connectivity index (χ3v) is 3.38. The number of nitrogens with one attached hydrogen (secondary N) is 1. The zero-order chi connectivity index (χ0) is 11.2. The summed E-state index contributed by atoms with van der Waals surface area (Å²) in [5.41, 5.74) is 1.60. The lowest BCUT2D eigenvalue weighted by molar-refractivity contribution is 0.472. The Morgan fingerprint density at radius 2 is 2.38 bits per heavy atom. The molecule has 2 heteroatoms. The molecule has 2 rings (SSSR count). The maximum absolute atomic E-state index is 5.37. The number of hydrogen-bond acceptors (Lipinski definition) is 2. The van der Waals surface area contributed by atoms with E-state index in [-0.39, 0.29) is 0 Å². The van der Waals surface area contributed by atoms with Gasteiger partial charge in [0.05, 0.1) is 6.26 Å². The molecule has 1 atom stereocenters. The number of furan rings is 1. The first-order valence-corrected chi connectivity index (χ1v) is 6.28. The molecule has 0 amide bonds. The number of hydrogen-bond donors (Lipinski definition) is 1. The molecule has 0 saturated carbocycles.